The first-order valence-corrected chi connectivity index (χ1v) is 21.7. The summed E-state index contributed by atoms with van der Waals surface area (Å²) in [5.41, 5.74) is 11.6. The van der Waals surface area contributed by atoms with Gasteiger partial charge in [0, 0.05) is 21.9 Å². The predicted octanol–water partition coefficient (Wildman–Crippen LogP) is 13.4. The van der Waals surface area contributed by atoms with Gasteiger partial charge >= 0.3 is 0 Å². The number of benzene rings is 9. The summed E-state index contributed by atoms with van der Waals surface area (Å²) in [6.45, 7) is 0. The highest BCUT2D eigenvalue weighted by Crippen LogP contribution is 2.48. The van der Waals surface area contributed by atoms with Gasteiger partial charge in [0.05, 0.1) is 80.1 Å². The zero-order valence-corrected chi connectivity index (χ0v) is 36.0. The lowest BCUT2D eigenvalue weighted by atomic mass is 9.90. The van der Waals surface area contributed by atoms with Crippen LogP contribution in [-0.4, -0.2) is 16.4 Å². The molecule has 11 rings (SSSR count). The van der Waals surface area contributed by atoms with E-state index in [1.807, 2.05) is 150 Å². The van der Waals surface area contributed by atoms with Crippen LogP contribution in [0.1, 0.15) is 43.0 Å². The highest BCUT2D eigenvalue weighted by atomic mass is 16.2. The van der Waals surface area contributed by atoms with Crippen LogP contribution in [0.15, 0.2) is 194 Å². The lowest BCUT2D eigenvalue weighted by Crippen LogP contribution is -2.30. The Hall–Kier alpha value is -10.1. The lowest BCUT2D eigenvalue weighted by molar-refractivity contribution is 0.0926. The van der Waals surface area contributed by atoms with Gasteiger partial charge in [0.1, 0.15) is 0 Å². The van der Waals surface area contributed by atoms with E-state index in [1.54, 1.807) is 48.5 Å². The molecule has 8 heteroatoms. The molecule has 1 aromatic heterocycles. The Morgan fingerprint density at radius 3 is 1.19 bits per heavy atom. The Labute approximate surface area is 390 Å². The summed E-state index contributed by atoms with van der Waals surface area (Å²) in [6.07, 6.45) is 0. The number of hydrogen-bond donors (Lipinski definition) is 0. The van der Waals surface area contributed by atoms with Gasteiger partial charge in [-0.1, -0.05) is 121 Å². The monoisotopic (exact) mass is 868 g/mol. The Morgan fingerprint density at radius 1 is 0.338 bits per heavy atom. The summed E-state index contributed by atoms with van der Waals surface area (Å²) in [6, 6.07) is 69.3. The predicted molar refractivity (Wildman–Crippen MR) is 264 cm³/mol. The molecule has 0 N–H and O–H groups in total. The molecule has 68 heavy (non-hydrogen) atoms. The number of amides is 2. The molecule has 0 unspecified atom stereocenters. The minimum Gasteiger partial charge on any atom is -0.308 e. The van der Waals surface area contributed by atoms with Crippen molar-refractivity contribution < 1.29 is 9.59 Å². The second kappa shape index (κ2) is 16.5. The third kappa shape index (κ3) is 6.58. The maximum absolute atomic E-state index is 15.7. The van der Waals surface area contributed by atoms with Crippen LogP contribution in [0.25, 0.3) is 83.1 Å². The fourth-order valence-electron chi connectivity index (χ4n) is 9.68. The van der Waals surface area contributed by atoms with E-state index in [1.165, 1.54) is 4.90 Å². The number of nitriles is 4. The smallest absolute Gasteiger partial charge is 0.268 e. The van der Waals surface area contributed by atoms with Crippen LogP contribution in [0.2, 0.25) is 0 Å². The van der Waals surface area contributed by atoms with Crippen molar-refractivity contribution in [2.45, 2.75) is 0 Å². The van der Waals surface area contributed by atoms with Crippen molar-refractivity contribution >= 4 is 39.3 Å². The molecule has 2 amide bonds. The number of rotatable bonds is 7. The van der Waals surface area contributed by atoms with E-state index in [2.05, 4.69) is 24.3 Å². The molecule has 0 atom stereocenters. The van der Waals surface area contributed by atoms with Crippen molar-refractivity contribution in [2.24, 2.45) is 0 Å². The van der Waals surface area contributed by atoms with Crippen molar-refractivity contribution in [2.75, 3.05) is 4.90 Å². The molecule has 0 radical (unpaired) electrons. The molecule has 0 fully saturated rings. The number of hydrogen-bond acceptors (Lipinski definition) is 6. The maximum atomic E-state index is 15.7. The van der Waals surface area contributed by atoms with Gasteiger partial charge in [-0.05, 0) is 117 Å². The van der Waals surface area contributed by atoms with Gasteiger partial charge < -0.3 is 4.57 Å². The van der Waals surface area contributed by atoms with Crippen molar-refractivity contribution in [1.82, 2.24) is 4.57 Å². The SMILES string of the molecule is N#Cc1cc(C#N)cc(-c2cccc3c2c2c(-c4cc(C#N)cc(C#N)c4)cccc2n3-c2cccc3c2C(=O)N(c2c(-c4ccccc4)cc(-c4ccccc4)cc2-c2ccccc2)C3=O)c1. The van der Waals surface area contributed by atoms with E-state index in [0.717, 1.165) is 33.0 Å². The molecule has 1 aliphatic heterocycles. The van der Waals surface area contributed by atoms with Crippen molar-refractivity contribution in [3.05, 3.63) is 228 Å². The summed E-state index contributed by atoms with van der Waals surface area (Å²) in [7, 11) is 0. The van der Waals surface area contributed by atoms with Crippen LogP contribution in [0, 0.1) is 45.3 Å². The summed E-state index contributed by atoms with van der Waals surface area (Å²) in [5, 5.41) is 41.7. The van der Waals surface area contributed by atoms with E-state index in [-0.39, 0.29) is 11.1 Å². The van der Waals surface area contributed by atoms with Crippen LogP contribution < -0.4 is 4.90 Å². The molecule has 10 aromatic rings. The number of anilines is 1. The van der Waals surface area contributed by atoms with Gasteiger partial charge in [-0.2, -0.15) is 21.0 Å². The number of carbonyl (C=O) groups is 2. The van der Waals surface area contributed by atoms with Crippen LogP contribution in [0.4, 0.5) is 5.69 Å². The second-order valence-corrected chi connectivity index (χ2v) is 16.4. The highest BCUT2D eigenvalue weighted by Gasteiger charge is 2.42. The average molecular weight is 869 g/mol. The molecule has 0 saturated heterocycles. The van der Waals surface area contributed by atoms with E-state index in [9.17, 15) is 21.0 Å². The number of imide groups is 1. The summed E-state index contributed by atoms with van der Waals surface area (Å²) in [4.78, 5) is 32.4. The lowest BCUT2D eigenvalue weighted by Gasteiger charge is -2.24. The minimum absolute atomic E-state index is 0.216. The third-order valence-corrected chi connectivity index (χ3v) is 12.6. The van der Waals surface area contributed by atoms with E-state index < -0.39 is 11.8 Å². The van der Waals surface area contributed by atoms with Crippen LogP contribution in [-0.2, 0) is 0 Å². The van der Waals surface area contributed by atoms with Gasteiger partial charge in [0.25, 0.3) is 11.8 Å². The zero-order valence-electron chi connectivity index (χ0n) is 36.0. The van der Waals surface area contributed by atoms with E-state index in [0.29, 0.717) is 78.0 Å². The van der Waals surface area contributed by atoms with Crippen molar-refractivity contribution in [3.8, 4) is 85.6 Å². The fourth-order valence-corrected chi connectivity index (χ4v) is 9.68. The first kappa shape index (κ1) is 40.6. The average Bonchev–Trinajstić information content (AvgIpc) is 3.88. The first-order valence-electron chi connectivity index (χ1n) is 21.7. The minimum atomic E-state index is -0.495. The summed E-state index contributed by atoms with van der Waals surface area (Å²) in [5.74, 6) is -0.962. The van der Waals surface area contributed by atoms with E-state index in [4.69, 9.17) is 0 Å². The standard InChI is InChI=1S/C60H32N6O2/c61-33-37-25-38(34-62)28-45(27-37)47-19-10-22-52-55(47)56-48(46-29-39(35-63)26-40(30-46)36-64)20-11-23-53(56)65(52)54-24-12-21-49-57(54)60(68)66(59(49)67)58-50(42-15-6-2-7-16-42)31-44(41-13-4-1-5-14-41)32-51(58)43-17-8-3-9-18-43/h1-32H. The van der Waals surface area contributed by atoms with Crippen LogP contribution >= 0.6 is 0 Å². The van der Waals surface area contributed by atoms with Gasteiger partial charge in [0.15, 0.2) is 0 Å². The number of nitrogens with zero attached hydrogens (tertiary/aromatic N) is 6. The summed E-state index contributed by atoms with van der Waals surface area (Å²) < 4.78 is 1.98. The van der Waals surface area contributed by atoms with E-state index >= 15 is 9.59 Å². The molecule has 0 saturated carbocycles. The number of carbonyl (C=O) groups excluding carboxylic acids is 2. The quantitative estimate of drug-likeness (QED) is 0.146. The molecule has 2 heterocycles. The Bertz CT molecular complexity index is 3680. The van der Waals surface area contributed by atoms with Crippen LogP contribution in [0.3, 0.4) is 0 Å². The molecule has 0 aliphatic carbocycles. The maximum Gasteiger partial charge on any atom is 0.268 e. The van der Waals surface area contributed by atoms with Crippen LogP contribution in [0.5, 0.6) is 0 Å². The Balaban J connectivity index is 1.20. The van der Waals surface area contributed by atoms with Gasteiger partial charge in [-0.15, -0.1) is 0 Å². The second-order valence-electron chi connectivity index (χ2n) is 16.4. The molecule has 0 bridgehead atoms. The van der Waals surface area contributed by atoms with Crippen molar-refractivity contribution in [3.63, 3.8) is 0 Å². The third-order valence-electron chi connectivity index (χ3n) is 12.6. The Morgan fingerprint density at radius 2 is 0.750 bits per heavy atom. The molecule has 8 nitrogen and oxygen atoms in total. The largest absolute Gasteiger partial charge is 0.308 e. The molecule has 0 spiro atoms. The highest BCUT2D eigenvalue weighted by molar-refractivity contribution is 6.37. The van der Waals surface area contributed by atoms with Gasteiger partial charge in [-0.3, -0.25) is 9.59 Å². The molecular formula is C60H32N6O2. The number of aromatic nitrogens is 1. The molecule has 9 aromatic carbocycles. The zero-order chi connectivity index (χ0) is 46.5. The van der Waals surface area contributed by atoms with Crippen molar-refractivity contribution in [1.29, 1.82) is 21.0 Å². The molecule has 1 aliphatic rings. The first-order chi connectivity index (χ1) is 33.4. The Kier molecular flexibility index (Phi) is 9.84. The normalized spacial score (nSPS) is 11.8. The fraction of sp³-hybridized carbons (Fsp3) is 0. The van der Waals surface area contributed by atoms with Gasteiger partial charge in [-0.25, -0.2) is 4.90 Å². The summed E-state index contributed by atoms with van der Waals surface area (Å²) >= 11 is 0. The topological polar surface area (TPSA) is 137 Å². The number of fused-ring (bicyclic) bond motifs is 4. The molecular weight excluding hydrogens is 837 g/mol. The van der Waals surface area contributed by atoms with Gasteiger partial charge in [0.2, 0.25) is 0 Å². The molecule has 314 valence electrons.